The third-order valence-electron chi connectivity index (χ3n) is 3.59. The molecule has 1 aliphatic rings. The van der Waals surface area contributed by atoms with Crippen LogP contribution in [0.1, 0.15) is 36.5 Å². The molecule has 2 amide bonds. The number of carbonyl (C=O) groups excluding carboxylic acids is 2. The van der Waals surface area contributed by atoms with Gasteiger partial charge in [0.05, 0.1) is 5.56 Å². The zero-order valence-electron chi connectivity index (χ0n) is 11.9. The highest BCUT2D eigenvalue weighted by molar-refractivity contribution is 5.99. The number of benzene rings is 1. The minimum atomic E-state index is -0.710. The molecule has 0 saturated carbocycles. The fourth-order valence-electron chi connectivity index (χ4n) is 2.41. The van der Waals surface area contributed by atoms with Crippen molar-refractivity contribution in [2.24, 2.45) is 0 Å². The summed E-state index contributed by atoms with van der Waals surface area (Å²) in [5, 5.41) is 12.1. The number of halogens is 1. The van der Waals surface area contributed by atoms with E-state index in [0.717, 1.165) is 37.5 Å². The van der Waals surface area contributed by atoms with Crippen LogP contribution in [0.15, 0.2) is 18.2 Å². The highest BCUT2D eigenvalue weighted by Gasteiger charge is 2.24. The quantitative estimate of drug-likeness (QED) is 0.891. The predicted molar refractivity (Wildman–Crippen MR) is 75.4 cm³/mol. The summed E-state index contributed by atoms with van der Waals surface area (Å²) in [5.41, 5.74) is -0.173. The molecule has 114 valence electrons. The zero-order valence-corrected chi connectivity index (χ0v) is 11.9. The number of nitrogens with zero attached hydrogens (tertiary/aromatic N) is 1. The second kappa shape index (κ2) is 6.56. The van der Waals surface area contributed by atoms with Gasteiger partial charge in [-0.05, 0) is 44.4 Å². The Morgan fingerprint density at radius 2 is 1.95 bits per heavy atom. The van der Waals surface area contributed by atoms with Crippen molar-refractivity contribution in [1.82, 2.24) is 10.2 Å². The SMILES string of the molecule is CC(NC(=O)c1cc(F)ccc1O)C(=O)N1CCCCC1. The van der Waals surface area contributed by atoms with Gasteiger partial charge < -0.3 is 15.3 Å². The average molecular weight is 294 g/mol. The Labute approximate surface area is 122 Å². The molecule has 2 rings (SSSR count). The second-order valence-corrected chi connectivity index (χ2v) is 5.24. The molecule has 1 heterocycles. The zero-order chi connectivity index (χ0) is 15.4. The Kier molecular flexibility index (Phi) is 4.77. The fourth-order valence-corrected chi connectivity index (χ4v) is 2.41. The van der Waals surface area contributed by atoms with Crippen LogP contribution in [0.3, 0.4) is 0 Å². The molecule has 0 aliphatic carbocycles. The third-order valence-corrected chi connectivity index (χ3v) is 3.59. The molecule has 2 N–H and O–H groups in total. The van der Waals surface area contributed by atoms with Crippen LogP contribution in [0.5, 0.6) is 5.75 Å². The smallest absolute Gasteiger partial charge is 0.255 e. The largest absolute Gasteiger partial charge is 0.507 e. The van der Waals surface area contributed by atoms with Crippen LogP contribution < -0.4 is 5.32 Å². The first-order valence-corrected chi connectivity index (χ1v) is 7.07. The average Bonchev–Trinajstić information content (AvgIpc) is 2.49. The molecule has 1 aromatic rings. The monoisotopic (exact) mass is 294 g/mol. The van der Waals surface area contributed by atoms with Crippen LogP contribution in [0.2, 0.25) is 0 Å². The van der Waals surface area contributed by atoms with Crippen LogP contribution in [-0.2, 0) is 4.79 Å². The molecule has 1 atom stereocenters. The van der Waals surface area contributed by atoms with E-state index in [1.54, 1.807) is 11.8 Å². The number of phenolic OH excluding ortho intramolecular Hbond substituents is 1. The van der Waals surface area contributed by atoms with Crippen molar-refractivity contribution in [3.05, 3.63) is 29.6 Å². The molecule has 1 unspecified atom stereocenters. The Morgan fingerprint density at radius 3 is 2.62 bits per heavy atom. The lowest BCUT2D eigenvalue weighted by Crippen LogP contribution is -2.48. The number of amides is 2. The summed E-state index contributed by atoms with van der Waals surface area (Å²) in [7, 11) is 0. The molecule has 5 nitrogen and oxygen atoms in total. The predicted octanol–water partition coefficient (Wildman–Crippen LogP) is 1.66. The lowest BCUT2D eigenvalue weighted by molar-refractivity contribution is -0.133. The van der Waals surface area contributed by atoms with Crippen LogP contribution in [0.25, 0.3) is 0 Å². The molecule has 1 saturated heterocycles. The van der Waals surface area contributed by atoms with Crippen molar-refractivity contribution in [2.45, 2.75) is 32.2 Å². The van der Waals surface area contributed by atoms with E-state index in [0.29, 0.717) is 13.1 Å². The summed E-state index contributed by atoms with van der Waals surface area (Å²) in [6.45, 7) is 2.99. The number of likely N-dealkylation sites (tertiary alicyclic amines) is 1. The van der Waals surface area contributed by atoms with E-state index < -0.39 is 17.8 Å². The van der Waals surface area contributed by atoms with Gasteiger partial charge in [-0.1, -0.05) is 0 Å². The first-order chi connectivity index (χ1) is 9.99. The topological polar surface area (TPSA) is 69.6 Å². The second-order valence-electron chi connectivity index (χ2n) is 5.24. The Morgan fingerprint density at radius 1 is 1.29 bits per heavy atom. The van der Waals surface area contributed by atoms with Crippen LogP contribution in [0, 0.1) is 5.82 Å². The summed E-state index contributed by atoms with van der Waals surface area (Å²) in [5.74, 6) is -1.75. The van der Waals surface area contributed by atoms with Gasteiger partial charge in [-0.25, -0.2) is 4.39 Å². The van der Waals surface area contributed by atoms with E-state index in [4.69, 9.17) is 0 Å². The van der Waals surface area contributed by atoms with E-state index in [1.165, 1.54) is 0 Å². The number of nitrogens with one attached hydrogen (secondary N) is 1. The molecule has 0 radical (unpaired) electrons. The van der Waals surface area contributed by atoms with Crippen LogP contribution >= 0.6 is 0 Å². The van der Waals surface area contributed by atoms with Gasteiger partial charge in [-0.3, -0.25) is 9.59 Å². The first-order valence-electron chi connectivity index (χ1n) is 7.07. The lowest BCUT2D eigenvalue weighted by Gasteiger charge is -2.29. The van der Waals surface area contributed by atoms with Gasteiger partial charge in [0.2, 0.25) is 5.91 Å². The Hall–Kier alpha value is -2.11. The van der Waals surface area contributed by atoms with Crippen molar-refractivity contribution < 1.29 is 19.1 Å². The summed E-state index contributed by atoms with van der Waals surface area (Å²) >= 11 is 0. The first kappa shape index (κ1) is 15.3. The summed E-state index contributed by atoms with van der Waals surface area (Å²) < 4.78 is 13.1. The van der Waals surface area contributed by atoms with E-state index in [9.17, 15) is 19.1 Å². The molecule has 1 fully saturated rings. The molecule has 21 heavy (non-hydrogen) atoms. The summed E-state index contributed by atoms with van der Waals surface area (Å²) in [4.78, 5) is 25.9. The molecule has 0 aromatic heterocycles. The van der Waals surface area contributed by atoms with E-state index >= 15 is 0 Å². The number of piperidine rings is 1. The highest BCUT2D eigenvalue weighted by Crippen LogP contribution is 2.18. The van der Waals surface area contributed by atoms with Crippen molar-refractivity contribution >= 4 is 11.8 Å². The molecule has 0 bridgehead atoms. The maximum atomic E-state index is 13.1. The Bertz CT molecular complexity index is 542. The fraction of sp³-hybridized carbons (Fsp3) is 0.467. The minimum Gasteiger partial charge on any atom is -0.507 e. The molecule has 6 heteroatoms. The summed E-state index contributed by atoms with van der Waals surface area (Å²) in [6.07, 6.45) is 3.05. The maximum absolute atomic E-state index is 13.1. The van der Waals surface area contributed by atoms with Crippen molar-refractivity contribution in [3.63, 3.8) is 0 Å². The van der Waals surface area contributed by atoms with Gasteiger partial charge in [0.1, 0.15) is 17.6 Å². The number of carbonyl (C=O) groups is 2. The van der Waals surface area contributed by atoms with Crippen LogP contribution in [-0.4, -0.2) is 41.0 Å². The highest BCUT2D eigenvalue weighted by atomic mass is 19.1. The summed E-state index contributed by atoms with van der Waals surface area (Å²) in [6, 6.07) is 2.41. The molecule has 1 aromatic carbocycles. The van der Waals surface area contributed by atoms with E-state index in [1.807, 2.05) is 0 Å². The normalized spacial score (nSPS) is 16.4. The van der Waals surface area contributed by atoms with E-state index in [2.05, 4.69) is 5.32 Å². The minimum absolute atomic E-state index is 0.154. The number of hydrogen-bond donors (Lipinski definition) is 2. The molecule has 1 aliphatic heterocycles. The van der Waals surface area contributed by atoms with Gasteiger partial charge >= 0.3 is 0 Å². The number of rotatable bonds is 3. The molecular formula is C15H19FN2O3. The van der Waals surface area contributed by atoms with Gasteiger partial charge in [0.15, 0.2) is 0 Å². The maximum Gasteiger partial charge on any atom is 0.255 e. The van der Waals surface area contributed by atoms with Crippen molar-refractivity contribution in [2.75, 3.05) is 13.1 Å². The number of aromatic hydroxyl groups is 1. The van der Waals surface area contributed by atoms with E-state index in [-0.39, 0.29) is 17.2 Å². The van der Waals surface area contributed by atoms with Crippen molar-refractivity contribution in [1.29, 1.82) is 0 Å². The number of hydrogen-bond acceptors (Lipinski definition) is 3. The third kappa shape index (κ3) is 3.71. The van der Waals surface area contributed by atoms with Gasteiger partial charge in [-0.15, -0.1) is 0 Å². The standard InChI is InChI=1S/C15H19FN2O3/c1-10(15(21)18-7-3-2-4-8-18)17-14(20)12-9-11(16)5-6-13(12)19/h5-6,9-10,19H,2-4,7-8H2,1H3,(H,17,20). The number of phenols is 1. The van der Waals surface area contributed by atoms with Gasteiger partial charge in [-0.2, -0.15) is 0 Å². The van der Waals surface area contributed by atoms with Gasteiger partial charge in [0.25, 0.3) is 5.91 Å². The molecular weight excluding hydrogens is 275 g/mol. The van der Waals surface area contributed by atoms with Gasteiger partial charge in [0, 0.05) is 13.1 Å². The molecule has 0 spiro atoms. The van der Waals surface area contributed by atoms with Crippen LogP contribution in [0.4, 0.5) is 4.39 Å². The lowest BCUT2D eigenvalue weighted by atomic mass is 10.1. The van der Waals surface area contributed by atoms with Crippen molar-refractivity contribution in [3.8, 4) is 5.75 Å². The Balaban J connectivity index is 2.01.